The third kappa shape index (κ3) is 5.68. The second kappa shape index (κ2) is 6.02. The molecule has 1 heterocycles. The molecule has 1 rings (SSSR count). The Kier molecular flexibility index (Phi) is 7.35. The third-order valence-corrected chi connectivity index (χ3v) is 1.76. The van der Waals surface area contributed by atoms with Gasteiger partial charge < -0.3 is 10.6 Å². The van der Waals surface area contributed by atoms with Crippen molar-refractivity contribution in [3.8, 4) is 0 Å². The van der Waals surface area contributed by atoms with E-state index < -0.39 is 6.17 Å². The Hall–Kier alpha value is 0.430. The molecule has 0 aromatic carbocycles. The van der Waals surface area contributed by atoms with Gasteiger partial charge in [0.05, 0.1) is 6.04 Å². The number of rotatable bonds is 1. The molecule has 0 amide bonds. The molecule has 2 N–H and O–H groups in total. The van der Waals surface area contributed by atoms with Gasteiger partial charge in [-0.1, -0.05) is 0 Å². The highest BCUT2D eigenvalue weighted by molar-refractivity contribution is 5.85. The largest absolute Gasteiger partial charge is 0.312 e. The van der Waals surface area contributed by atoms with Gasteiger partial charge in [-0.15, -0.1) is 24.8 Å². The molecule has 0 radical (unpaired) electrons. The molecule has 0 saturated carbocycles. The molecule has 0 aromatic heterocycles. The van der Waals surface area contributed by atoms with E-state index in [9.17, 15) is 4.39 Å². The van der Waals surface area contributed by atoms with Crippen LogP contribution in [0.5, 0.6) is 0 Å². The summed E-state index contributed by atoms with van der Waals surface area (Å²) in [6, 6.07) is -0.00463. The van der Waals surface area contributed by atoms with Crippen molar-refractivity contribution in [2.24, 2.45) is 0 Å². The summed E-state index contributed by atoms with van der Waals surface area (Å²) < 4.78 is 13.0. The van der Waals surface area contributed by atoms with Crippen molar-refractivity contribution in [3.63, 3.8) is 0 Å². The van der Waals surface area contributed by atoms with Crippen LogP contribution in [0.4, 0.5) is 4.39 Å². The Morgan fingerprint density at radius 3 is 2.08 bits per heavy atom. The maximum Gasteiger partial charge on any atom is 0.129 e. The average molecular weight is 233 g/mol. The summed E-state index contributed by atoms with van der Waals surface area (Å²) in [5.74, 6) is 0. The molecule has 0 aliphatic carbocycles. The first kappa shape index (κ1) is 15.9. The second-order valence-electron chi connectivity index (χ2n) is 4.18. The molecule has 1 aliphatic heterocycles. The van der Waals surface area contributed by atoms with Gasteiger partial charge in [0.1, 0.15) is 6.17 Å². The molecule has 1 fully saturated rings. The van der Waals surface area contributed by atoms with Crippen LogP contribution in [0.1, 0.15) is 20.8 Å². The first-order chi connectivity index (χ1) is 4.99. The van der Waals surface area contributed by atoms with E-state index in [4.69, 9.17) is 0 Å². The summed E-state index contributed by atoms with van der Waals surface area (Å²) in [6.07, 6.45) is -0.728. The standard InChI is InChI=1S/C8H17FN2.2ClH/c1-8(2,3)11-7-5-10-4-6(7)9;;/h6-7,10-11H,4-5H2,1-3H3;2*1H/t6-,7-;;/m0../s1. The molecule has 0 bridgehead atoms. The van der Waals surface area contributed by atoms with E-state index in [0.29, 0.717) is 6.54 Å². The molecule has 1 saturated heterocycles. The lowest BCUT2D eigenvalue weighted by atomic mass is 10.1. The van der Waals surface area contributed by atoms with Gasteiger partial charge in [-0.25, -0.2) is 4.39 Å². The fraction of sp³-hybridized carbons (Fsp3) is 1.00. The van der Waals surface area contributed by atoms with E-state index >= 15 is 0 Å². The van der Waals surface area contributed by atoms with Crippen LogP contribution in [-0.2, 0) is 0 Å². The maximum absolute atomic E-state index is 13.0. The molecular formula is C8H19Cl2FN2. The lowest BCUT2D eigenvalue weighted by Crippen LogP contribution is -2.48. The molecule has 0 spiro atoms. The second-order valence-corrected chi connectivity index (χ2v) is 4.18. The topological polar surface area (TPSA) is 24.1 Å². The first-order valence-corrected chi connectivity index (χ1v) is 4.11. The van der Waals surface area contributed by atoms with Crippen molar-refractivity contribution < 1.29 is 4.39 Å². The molecule has 5 heteroatoms. The van der Waals surface area contributed by atoms with Crippen molar-refractivity contribution in [1.82, 2.24) is 10.6 Å². The van der Waals surface area contributed by atoms with E-state index in [1.165, 1.54) is 0 Å². The summed E-state index contributed by atoms with van der Waals surface area (Å²) in [6.45, 7) is 7.40. The van der Waals surface area contributed by atoms with E-state index in [-0.39, 0.29) is 36.4 Å². The number of alkyl halides is 1. The Morgan fingerprint density at radius 2 is 1.77 bits per heavy atom. The summed E-state index contributed by atoms with van der Waals surface area (Å²) >= 11 is 0. The quantitative estimate of drug-likeness (QED) is 0.717. The number of hydrogen-bond donors (Lipinski definition) is 2. The highest BCUT2D eigenvalue weighted by Crippen LogP contribution is 2.09. The van der Waals surface area contributed by atoms with Gasteiger partial charge in [-0.05, 0) is 20.8 Å². The fourth-order valence-electron chi connectivity index (χ4n) is 1.34. The normalized spacial score (nSPS) is 27.7. The van der Waals surface area contributed by atoms with Crippen molar-refractivity contribution in [3.05, 3.63) is 0 Å². The molecule has 1 aliphatic rings. The Bertz CT molecular complexity index is 139. The van der Waals surface area contributed by atoms with Gasteiger partial charge in [0.2, 0.25) is 0 Å². The van der Waals surface area contributed by atoms with Crippen molar-refractivity contribution >= 4 is 24.8 Å². The molecule has 13 heavy (non-hydrogen) atoms. The number of nitrogens with one attached hydrogen (secondary N) is 2. The zero-order valence-corrected chi connectivity index (χ0v) is 9.90. The number of halogens is 3. The SMILES string of the molecule is CC(C)(C)N[C@H]1CNC[C@@H]1F.Cl.Cl. The van der Waals surface area contributed by atoms with E-state index in [1.54, 1.807) is 0 Å². The van der Waals surface area contributed by atoms with Gasteiger partial charge in [-0.3, -0.25) is 0 Å². The lowest BCUT2D eigenvalue weighted by molar-refractivity contribution is 0.257. The van der Waals surface area contributed by atoms with Crippen LogP contribution < -0.4 is 10.6 Å². The van der Waals surface area contributed by atoms with Crippen molar-refractivity contribution in [1.29, 1.82) is 0 Å². The van der Waals surface area contributed by atoms with Gasteiger partial charge in [0.25, 0.3) is 0 Å². The molecule has 0 unspecified atom stereocenters. The van der Waals surface area contributed by atoms with Crippen LogP contribution in [0.2, 0.25) is 0 Å². The number of hydrogen-bond acceptors (Lipinski definition) is 2. The molecule has 2 atom stereocenters. The van der Waals surface area contributed by atoms with Crippen LogP contribution in [0, 0.1) is 0 Å². The predicted octanol–water partition coefficient (Wildman–Crippen LogP) is 1.53. The Morgan fingerprint density at radius 1 is 1.23 bits per heavy atom. The highest BCUT2D eigenvalue weighted by atomic mass is 35.5. The minimum absolute atomic E-state index is 0. The molecule has 82 valence electrons. The summed E-state index contributed by atoms with van der Waals surface area (Å²) in [5.41, 5.74) is 0.0149. The van der Waals surface area contributed by atoms with Crippen LogP contribution >= 0.6 is 24.8 Å². The van der Waals surface area contributed by atoms with Crippen molar-refractivity contribution in [2.45, 2.75) is 38.5 Å². The lowest BCUT2D eigenvalue weighted by Gasteiger charge is -2.26. The maximum atomic E-state index is 13.0. The minimum Gasteiger partial charge on any atom is -0.312 e. The zero-order chi connectivity index (χ0) is 8.48. The Balaban J connectivity index is 0. The van der Waals surface area contributed by atoms with Gasteiger partial charge >= 0.3 is 0 Å². The molecule has 2 nitrogen and oxygen atoms in total. The van der Waals surface area contributed by atoms with Gasteiger partial charge in [0, 0.05) is 18.6 Å². The summed E-state index contributed by atoms with van der Waals surface area (Å²) in [7, 11) is 0. The average Bonchev–Trinajstić information content (AvgIpc) is 2.12. The third-order valence-electron chi connectivity index (χ3n) is 1.76. The van der Waals surface area contributed by atoms with Crippen LogP contribution in [-0.4, -0.2) is 30.8 Å². The summed E-state index contributed by atoms with van der Waals surface area (Å²) in [5, 5.41) is 6.24. The van der Waals surface area contributed by atoms with Gasteiger partial charge in [0.15, 0.2) is 0 Å². The fourth-order valence-corrected chi connectivity index (χ4v) is 1.34. The molecular weight excluding hydrogens is 214 g/mol. The van der Waals surface area contributed by atoms with Crippen molar-refractivity contribution in [2.75, 3.05) is 13.1 Å². The monoisotopic (exact) mass is 232 g/mol. The zero-order valence-electron chi connectivity index (χ0n) is 8.26. The first-order valence-electron chi connectivity index (χ1n) is 4.11. The van der Waals surface area contributed by atoms with Gasteiger partial charge in [-0.2, -0.15) is 0 Å². The van der Waals surface area contributed by atoms with E-state index in [2.05, 4.69) is 31.4 Å². The van der Waals surface area contributed by atoms with Crippen LogP contribution in [0.25, 0.3) is 0 Å². The summed E-state index contributed by atoms with van der Waals surface area (Å²) in [4.78, 5) is 0. The van der Waals surface area contributed by atoms with E-state index in [0.717, 1.165) is 6.54 Å². The minimum atomic E-state index is -0.728. The molecule has 0 aromatic rings. The predicted molar refractivity (Wildman–Crippen MR) is 58.9 cm³/mol. The van der Waals surface area contributed by atoms with E-state index in [1.807, 2.05) is 0 Å². The van der Waals surface area contributed by atoms with Crippen LogP contribution in [0.15, 0.2) is 0 Å². The van der Waals surface area contributed by atoms with Crippen LogP contribution in [0.3, 0.4) is 0 Å². The smallest absolute Gasteiger partial charge is 0.129 e. The highest BCUT2D eigenvalue weighted by Gasteiger charge is 2.29. The Labute approximate surface area is 91.9 Å².